The average molecular weight is 383 g/mol. The number of rotatable bonds is 6. The molecule has 0 fully saturated rings. The third-order valence-electron chi connectivity index (χ3n) is 3.83. The molecule has 2 heterocycles. The molecule has 6 nitrogen and oxygen atoms in total. The van der Waals surface area contributed by atoms with Gasteiger partial charge < -0.3 is 15.1 Å². The zero-order valence-electron chi connectivity index (χ0n) is 15.4. The van der Waals surface area contributed by atoms with Crippen LogP contribution in [0.15, 0.2) is 46.2 Å². The predicted molar refractivity (Wildman–Crippen MR) is 106 cm³/mol. The number of carbonyl (C=O) groups excluding carboxylic acids is 2. The molecule has 0 aliphatic rings. The number of thiophene rings is 1. The van der Waals surface area contributed by atoms with Crippen LogP contribution in [0, 0.1) is 12.8 Å². The Bertz CT molecular complexity index is 945. The SMILES string of the molecule is Cc1oc(-c2cccs2)nc1C(=O)Nc1ccccc1C(=O)NCC(C)C. The molecule has 2 aromatic heterocycles. The zero-order chi connectivity index (χ0) is 19.4. The van der Waals surface area contributed by atoms with Gasteiger partial charge >= 0.3 is 0 Å². The maximum absolute atomic E-state index is 12.7. The summed E-state index contributed by atoms with van der Waals surface area (Å²) in [6.07, 6.45) is 0. The van der Waals surface area contributed by atoms with Crippen LogP contribution in [0.1, 0.15) is 40.5 Å². The quantitative estimate of drug-likeness (QED) is 0.663. The van der Waals surface area contributed by atoms with Crippen LogP contribution in [0.5, 0.6) is 0 Å². The van der Waals surface area contributed by atoms with E-state index in [0.29, 0.717) is 35.4 Å². The standard InChI is InChI=1S/C20H21N3O3S/c1-12(2)11-21-18(24)14-7-4-5-8-15(14)22-19(25)17-13(3)26-20(23-17)16-9-6-10-27-16/h4-10,12H,11H2,1-3H3,(H,21,24)(H,22,25). The molecule has 3 rings (SSSR count). The van der Waals surface area contributed by atoms with E-state index in [4.69, 9.17) is 4.42 Å². The molecule has 2 N–H and O–H groups in total. The number of aromatic nitrogens is 1. The summed E-state index contributed by atoms with van der Waals surface area (Å²) in [5, 5.41) is 7.56. The van der Waals surface area contributed by atoms with Crippen LogP contribution >= 0.6 is 11.3 Å². The average Bonchev–Trinajstić information content (AvgIpc) is 3.29. The minimum Gasteiger partial charge on any atom is -0.440 e. The van der Waals surface area contributed by atoms with Crippen LogP contribution in [0.3, 0.4) is 0 Å². The van der Waals surface area contributed by atoms with Crippen molar-refractivity contribution in [3.05, 3.63) is 58.8 Å². The van der Waals surface area contributed by atoms with Gasteiger partial charge in [0.15, 0.2) is 5.69 Å². The van der Waals surface area contributed by atoms with Crippen LogP contribution in [0.4, 0.5) is 5.69 Å². The van der Waals surface area contributed by atoms with Gasteiger partial charge in [-0.15, -0.1) is 11.3 Å². The van der Waals surface area contributed by atoms with Gasteiger partial charge in [-0.1, -0.05) is 32.0 Å². The van der Waals surface area contributed by atoms with Gasteiger partial charge in [-0.05, 0) is 36.4 Å². The monoisotopic (exact) mass is 383 g/mol. The van der Waals surface area contributed by atoms with Crippen LogP contribution in [-0.4, -0.2) is 23.3 Å². The lowest BCUT2D eigenvalue weighted by Crippen LogP contribution is -2.28. The first-order valence-corrected chi connectivity index (χ1v) is 9.53. The highest BCUT2D eigenvalue weighted by Crippen LogP contribution is 2.26. The highest BCUT2D eigenvalue weighted by molar-refractivity contribution is 7.13. The van der Waals surface area contributed by atoms with Crippen molar-refractivity contribution in [2.45, 2.75) is 20.8 Å². The van der Waals surface area contributed by atoms with E-state index >= 15 is 0 Å². The molecular formula is C20H21N3O3S. The molecule has 1 aromatic carbocycles. The van der Waals surface area contributed by atoms with E-state index in [2.05, 4.69) is 15.6 Å². The van der Waals surface area contributed by atoms with Crippen molar-refractivity contribution in [1.82, 2.24) is 10.3 Å². The van der Waals surface area contributed by atoms with Gasteiger partial charge in [0.1, 0.15) is 5.76 Å². The lowest BCUT2D eigenvalue weighted by atomic mass is 10.1. The fraction of sp³-hybridized carbons (Fsp3) is 0.250. The summed E-state index contributed by atoms with van der Waals surface area (Å²) >= 11 is 1.49. The number of amides is 2. The molecular weight excluding hydrogens is 362 g/mol. The molecule has 3 aromatic rings. The smallest absolute Gasteiger partial charge is 0.277 e. The van der Waals surface area contributed by atoms with Gasteiger partial charge in [-0.2, -0.15) is 0 Å². The molecule has 7 heteroatoms. The number of nitrogens with one attached hydrogen (secondary N) is 2. The minimum atomic E-state index is -0.414. The van der Waals surface area contributed by atoms with Gasteiger partial charge in [0.25, 0.3) is 11.8 Å². The number of anilines is 1. The van der Waals surface area contributed by atoms with Gasteiger partial charge in [0.2, 0.25) is 5.89 Å². The Kier molecular flexibility index (Phi) is 5.71. The largest absolute Gasteiger partial charge is 0.440 e. The first kappa shape index (κ1) is 18.8. The van der Waals surface area contributed by atoms with E-state index in [0.717, 1.165) is 4.88 Å². The van der Waals surface area contributed by atoms with E-state index in [1.54, 1.807) is 31.2 Å². The molecule has 27 heavy (non-hydrogen) atoms. The van der Waals surface area contributed by atoms with Crippen molar-refractivity contribution < 1.29 is 14.0 Å². The molecule has 0 bridgehead atoms. The van der Waals surface area contributed by atoms with Crippen molar-refractivity contribution in [2.75, 3.05) is 11.9 Å². The molecule has 0 spiro atoms. The van der Waals surface area contributed by atoms with Crippen molar-refractivity contribution in [3.63, 3.8) is 0 Å². The van der Waals surface area contributed by atoms with Crippen molar-refractivity contribution >= 4 is 28.8 Å². The van der Waals surface area contributed by atoms with Crippen LogP contribution in [-0.2, 0) is 0 Å². The first-order chi connectivity index (χ1) is 13.0. The van der Waals surface area contributed by atoms with Gasteiger partial charge in [-0.25, -0.2) is 4.98 Å². The Morgan fingerprint density at radius 2 is 1.93 bits per heavy atom. The van der Waals surface area contributed by atoms with Crippen molar-refractivity contribution in [1.29, 1.82) is 0 Å². The summed E-state index contributed by atoms with van der Waals surface area (Å²) in [7, 11) is 0. The van der Waals surface area contributed by atoms with Crippen LogP contribution in [0.2, 0.25) is 0 Å². The number of aryl methyl sites for hydroxylation is 1. The zero-order valence-corrected chi connectivity index (χ0v) is 16.2. The molecule has 0 radical (unpaired) electrons. The predicted octanol–water partition coefficient (Wildman–Crippen LogP) is 4.35. The number of nitrogens with zero attached hydrogens (tertiary/aromatic N) is 1. The highest BCUT2D eigenvalue weighted by atomic mass is 32.1. The minimum absolute atomic E-state index is 0.204. The van der Waals surface area contributed by atoms with E-state index in [1.165, 1.54) is 11.3 Å². The summed E-state index contributed by atoms with van der Waals surface area (Å²) in [6.45, 7) is 6.30. The molecule has 0 unspecified atom stereocenters. The number of para-hydroxylation sites is 1. The molecule has 0 atom stereocenters. The second-order valence-corrected chi connectivity index (χ2v) is 7.45. The molecule has 0 aliphatic heterocycles. The number of carbonyl (C=O) groups is 2. The second kappa shape index (κ2) is 8.18. The maximum Gasteiger partial charge on any atom is 0.277 e. The third kappa shape index (κ3) is 4.43. The summed E-state index contributed by atoms with van der Waals surface area (Å²) in [4.78, 5) is 30.3. The molecule has 0 aliphatic carbocycles. The van der Waals surface area contributed by atoms with Crippen LogP contribution < -0.4 is 10.6 Å². The fourth-order valence-corrected chi connectivity index (χ4v) is 3.13. The molecule has 0 saturated carbocycles. The Morgan fingerprint density at radius 3 is 2.63 bits per heavy atom. The Balaban J connectivity index is 1.80. The van der Waals surface area contributed by atoms with E-state index in [1.807, 2.05) is 31.4 Å². The second-order valence-electron chi connectivity index (χ2n) is 6.50. The number of oxazole rings is 1. The normalized spacial score (nSPS) is 10.8. The Hall–Kier alpha value is -2.93. The fourth-order valence-electron chi connectivity index (χ4n) is 2.48. The molecule has 2 amide bonds. The van der Waals surface area contributed by atoms with E-state index < -0.39 is 5.91 Å². The van der Waals surface area contributed by atoms with Gasteiger partial charge in [0, 0.05) is 6.54 Å². The summed E-state index contributed by atoms with van der Waals surface area (Å²) in [6, 6.07) is 10.7. The Labute approximate surface area is 161 Å². The summed E-state index contributed by atoms with van der Waals surface area (Å²) in [5.74, 6) is 0.538. The third-order valence-corrected chi connectivity index (χ3v) is 4.69. The Morgan fingerprint density at radius 1 is 1.15 bits per heavy atom. The number of hydrogen-bond acceptors (Lipinski definition) is 5. The maximum atomic E-state index is 12.7. The molecule has 0 saturated heterocycles. The van der Waals surface area contributed by atoms with Crippen molar-refractivity contribution in [3.8, 4) is 10.8 Å². The van der Waals surface area contributed by atoms with E-state index in [9.17, 15) is 9.59 Å². The van der Waals surface area contributed by atoms with Crippen molar-refractivity contribution in [2.24, 2.45) is 5.92 Å². The van der Waals surface area contributed by atoms with Gasteiger partial charge in [0.05, 0.1) is 16.1 Å². The summed E-state index contributed by atoms with van der Waals surface area (Å²) in [5.41, 5.74) is 1.05. The number of hydrogen-bond donors (Lipinski definition) is 2. The lowest BCUT2D eigenvalue weighted by molar-refractivity contribution is 0.0950. The highest BCUT2D eigenvalue weighted by Gasteiger charge is 2.20. The van der Waals surface area contributed by atoms with Gasteiger partial charge in [-0.3, -0.25) is 9.59 Å². The lowest BCUT2D eigenvalue weighted by Gasteiger charge is -2.12. The summed E-state index contributed by atoms with van der Waals surface area (Å²) < 4.78 is 5.62. The topological polar surface area (TPSA) is 84.2 Å². The van der Waals surface area contributed by atoms with E-state index in [-0.39, 0.29) is 11.6 Å². The number of benzene rings is 1. The molecule has 140 valence electrons. The first-order valence-electron chi connectivity index (χ1n) is 8.65. The van der Waals surface area contributed by atoms with Crippen LogP contribution in [0.25, 0.3) is 10.8 Å².